The third kappa shape index (κ3) is 42.1. The summed E-state index contributed by atoms with van der Waals surface area (Å²) in [7, 11) is 5.40. The van der Waals surface area contributed by atoms with Gasteiger partial charge >= 0.3 is 11.9 Å². The second-order valence-corrected chi connectivity index (χ2v) is 17.7. The number of carboxylic acids is 1. The largest absolute Gasteiger partial charge is 0.544 e. The van der Waals surface area contributed by atoms with Crippen LogP contribution in [0.5, 0.6) is 0 Å². The van der Waals surface area contributed by atoms with E-state index in [1.165, 1.54) is 77.0 Å². The second-order valence-electron chi connectivity index (χ2n) is 17.7. The van der Waals surface area contributed by atoms with Gasteiger partial charge in [-0.3, -0.25) is 9.59 Å². The highest BCUT2D eigenvalue weighted by Gasteiger charge is 2.25. The maximum atomic E-state index is 12.8. The summed E-state index contributed by atoms with van der Waals surface area (Å²) in [6, 6.07) is -0.733. The molecule has 356 valence electrons. The molecule has 8 nitrogen and oxygen atoms in total. The van der Waals surface area contributed by atoms with Gasteiger partial charge < -0.3 is 28.6 Å². The van der Waals surface area contributed by atoms with Crippen molar-refractivity contribution in [1.29, 1.82) is 0 Å². The lowest BCUT2D eigenvalue weighted by molar-refractivity contribution is -0.889. The number of ether oxygens (including phenoxy) is 3. The van der Waals surface area contributed by atoms with Crippen molar-refractivity contribution < 1.29 is 38.2 Å². The lowest BCUT2D eigenvalue weighted by Crippen LogP contribution is -2.55. The molecule has 62 heavy (non-hydrogen) atoms. The number of carboxylic acid groups (broad SMARTS) is 1. The fourth-order valence-corrected chi connectivity index (χ4v) is 7.02. The van der Waals surface area contributed by atoms with Crippen molar-refractivity contribution in [3.8, 4) is 0 Å². The van der Waals surface area contributed by atoms with Crippen LogP contribution in [0, 0.1) is 0 Å². The monoisotopic (exact) mass is 868 g/mol. The van der Waals surface area contributed by atoms with E-state index < -0.39 is 18.1 Å². The lowest BCUT2D eigenvalue weighted by Gasteiger charge is -2.34. The van der Waals surface area contributed by atoms with Gasteiger partial charge in [-0.15, -0.1) is 0 Å². The number of hydrogen-bond acceptors (Lipinski definition) is 7. The number of carbonyl (C=O) groups is 3. The van der Waals surface area contributed by atoms with Crippen LogP contribution in [0.3, 0.4) is 0 Å². The molecule has 0 aromatic heterocycles. The van der Waals surface area contributed by atoms with Gasteiger partial charge in [0, 0.05) is 19.3 Å². The normalized spacial score (nSPS) is 13.5. The summed E-state index contributed by atoms with van der Waals surface area (Å²) >= 11 is 0. The first-order valence-corrected chi connectivity index (χ1v) is 25.0. The predicted octanol–water partition coefficient (Wildman–Crippen LogP) is 13.0. The molecule has 0 N–H and O–H groups in total. The Kier molecular flexibility index (Phi) is 42.1. The molecule has 0 rings (SSSR count). The van der Waals surface area contributed by atoms with Gasteiger partial charge in [0.15, 0.2) is 6.10 Å². The smallest absolute Gasteiger partial charge is 0.306 e. The average Bonchev–Trinajstić information content (AvgIpc) is 3.23. The van der Waals surface area contributed by atoms with Gasteiger partial charge in [0.25, 0.3) is 0 Å². The number of rotatable bonds is 44. The van der Waals surface area contributed by atoms with Gasteiger partial charge in [-0.25, -0.2) is 0 Å². The number of quaternary nitrogens is 1. The Morgan fingerprint density at radius 2 is 0.903 bits per heavy atom. The molecule has 0 radical (unpaired) electrons. The number of hydrogen-bond donors (Lipinski definition) is 0. The molecule has 0 spiro atoms. The number of allylic oxidation sites excluding steroid dienone is 12. The highest BCUT2D eigenvalue weighted by molar-refractivity contribution is 5.70. The van der Waals surface area contributed by atoms with Crippen LogP contribution in [0.1, 0.15) is 200 Å². The zero-order valence-electron chi connectivity index (χ0n) is 40.5. The minimum Gasteiger partial charge on any atom is -0.544 e. The van der Waals surface area contributed by atoms with Gasteiger partial charge in [0.2, 0.25) is 0 Å². The zero-order valence-corrected chi connectivity index (χ0v) is 40.5. The standard InChI is InChI=1S/C54H93NO7/c1-6-8-10-12-14-16-18-20-22-23-24-25-26-27-28-29-31-33-35-37-39-41-43-45-53(57)62-50(48-60-47-46-51(54(58)59)55(3,4)5)49-61-52(56)44-42-40-38-36-34-32-30-21-19-17-15-13-11-9-7-2/h8,10,14,16,20,22,24-25,27-28,31,33,50-51H,6-7,9,11-13,15,17-19,21,23,26,29-30,32,34-49H2,1-5H3/b10-8+,16-14+,22-20+,25-24+,28-27+,33-31+. The molecule has 0 aliphatic heterocycles. The number of nitrogens with zero attached hydrogens (tertiary/aromatic N) is 1. The molecule has 0 aromatic carbocycles. The molecule has 0 amide bonds. The van der Waals surface area contributed by atoms with Crippen LogP contribution in [-0.2, 0) is 28.6 Å². The number of esters is 2. The fourth-order valence-electron chi connectivity index (χ4n) is 7.02. The first kappa shape index (κ1) is 58.8. The van der Waals surface area contributed by atoms with Crippen molar-refractivity contribution >= 4 is 17.9 Å². The van der Waals surface area contributed by atoms with E-state index >= 15 is 0 Å². The van der Waals surface area contributed by atoms with Crippen molar-refractivity contribution in [3.05, 3.63) is 72.9 Å². The minimum absolute atomic E-state index is 0.0286. The quantitative estimate of drug-likeness (QED) is 0.0260. The lowest BCUT2D eigenvalue weighted by atomic mass is 10.0. The molecule has 8 heteroatoms. The number of aliphatic carboxylic acids is 1. The Balaban J connectivity index is 4.33. The first-order valence-electron chi connectivity index (χ1n) is 25.0. The Labute approximate surface area is 381 Å². The maximum Gasteiger partial charge on any atom is 0.306 e. The van der Waals surface area contributed by atoms with Crippen LogP contribution < -0.4 is 5.11 Å². The zero-order chi connectivity index (χ0) is 45.6. The van der Waals surface area contributed by atoms with Crippen LogP contribution in [0.4, 0.5) is 0 Å². The third-order valence-corrected chi connectivity index (χ3v) is 10.9. The highest BCUT2D eigenvalue weighted by Crippen LogP contribution is 2.15. The molecule has 0 saturated heterocycles. The number of unbranched alkanes of at least 4 members (excludes halogenated alkanes) is 18. The van der Waals surface area contributed by atoms with Gasteiger partial charge in [0.1, 0.15) is 12.6 Å². The van der Waals surface area contributed by atoms with E-state index in [-0.39, 0.29) is 49.1 Å². The van der Waals surface area contributed by atoms with Crippen molar-refractivity contribution in [2.45, 2.75) is 212 Å². The molecule has 2 atom stereocenters. The van der Waals surface area contributed by atoms with Crippen molar-refractivity contribution in [2.24, 2.45) is 0 Å². The van der Waals surface area contributed by atoms with E-state index in [0.29, 0.717) is 6.42 Å². The Bertz CT molecular complexity index is 1240. The summed E-state index contributed by atoms with van der Waals surface area (Å²) in [5.41, 5.74) is 0. The van der Waals surface area contributed by atoms with E-state index in [9.17, 15) is 19.5 Å². The predicted molar refractivity (Wildman–Crippen MR) is 259 cm³/mol. The molecule has 2 unspecified atom stereocenters. The molecule has 0 fully saturated rings. The third-order valence-electron chi connectivity index (χ3n) is 10.9. The highest BCUT2D eigenvalue weighted by atomic mass is 16.6. The molecule has 0 bridgehead atoms. The van der Waals surface area contributed by atoms with Crippen molar-refractivity contribution in [2.75, 3.05) is 41.0 Å². The Morgan fingerprint density at radius 1 is 0.500 bits per heavy atom. The van der Waals surface area contributed by atoms with Crippen LogP contribution in [0.2, 0.25) is 0 Å². The molecule has 0 aromatic rings. The SMILES string of the molecule is CC/C=C/C/C=C/C/C=C/C/C=C/C/C=C/C/C=C/CCCCCCC(=O)OC(COCCC(C(=O)[O-])[N+](C)(C)C)COC(=O)CCCCCCCCCCCCCCCCC. The average molecular weight is 868 g/mol. The summed E-state index contributed by atoms with van der Waals surface area (Å²) in [4.78, 5) is 37.0. The molecule has 0 aliphatic rings. The van der Waals surface area contributed by atoms with Gasteiger partial charge in [-0.1, -0.05) is 189 Å². The minimum atomic E-state index is -1.13. The topological polar surface area (TPSA) is 102 Å². The molecule has 0 aliphatic carbocycles. The molecular formula is C54H93NO7. The number of carbonyl (C=O) groups excluding carboxylic acids is 3. The Hall–Kier alpha value is -3.23. The van der Waals surface area contributed by atoms with Crippen LogP contribution in [0.15, 0.2) is 72.9 Å². The molecule has 0 heterocycles. The summed E-state index contributed by atoms with van der Waals surface area (Å²) in [5.74, 6) is -1.77. The van der Waals surface area contributed by atoms with Crippen LogP contribution in [0.25, 0.3) is 0 Å². The fraction of sp³-hybridized carbons (Fsp3) is 0.722. The first-order chi connectivity index (χ1) is 30.1. The van der Waals surface area contributed by atoms with E-state index in [4.69, 9.17) is 14.2 Å². The maximum absolute atomic E-state index is 12.8. The van der Waals surface area contributed by atoms with Crippen molar-refractivity contribution in [1.82, 2.24) is 0 Å². The Morgan fingerprint density at radius 3 is 1.34 bits per heavy atom. The van der Waals surface area contributed by atoms with Gasteiger partial charge in [-0.05, 0) is 64.2 Å². The summed E-state index contributed by atoms with van der Waals surface area (Å²) < 4.78 is 17.2. The van der Waals surface area contributed by atoms with E-state index in [1.807, 2.05) is 0 Å². The van der Waals surface area contributed by atoms with E-state index in [2.05, 4.69) is 86.8 Å². The van der Waals surface area contributed by atoms with Gasteiger partial charge in [-0.2, -0.15) is 0 Å². The van der Waals surface area contributed by atoms with E-state index in [0.717, 1.165) is 89.9 Å². The summed E-state index contributed by atoms with van der Waals surface area (Å²) in [6.45, 7) is 4.53. The summed E-state index contributed by atoms with van der Waals surface area (Å²) in [5, 5.41) is 11.7. The van der Waals surface area contributed by atoms with Crippen LogP contribution >= 0.6 is 0 Å². The van der Waals surface area contributed by atoms with Gasteiger partial charge in [0.05, 0.1) is 40.3 Å². The summed E-state index contributed by atoms with van der Waals surface area (Å²) in [6.07, 6.45) is 56.4. The molecule has 0 saturated carbocycles. The van der Waals surface area contributed by atoms with E-state index in [1.54, 1.807) is 21.1 Å². The van der Waals surface area contributed by atoms with Crippen molar-refractivity contribution in [3.63, 3.8) is 0 Å². The number of likely N-dealkylation sites (N-methyl/N-ethyl adjacent to an activating group) is 1. The second kappa shape index (κ2) is 44.4. The van der Waals surface area contributed by atoms with Crippen LogP contribution in [-0.4, -0.2) is 75.5 Å². The molecular weight excluding hydrogens is 775 g/mol.